The first-order valence-corrected chi connectivity index (χ1v) is 8.37. The lowest BCUT2D eigenvalue weighted by Gasteiger charge is -2.29. The van der Waals surface area contributed by atoms with E-state index in [4.69, 9.17) is 9.47 Å². The van der Waals surface area contributed by atoms with Crippen LogP contribution in [-0.2, 0) is 14.3 Å². The molecule has 2 heterocycles. The number of anilines is 2. The number of carbonyl (C=O) groups excluding carboxylic acids is 1. The Kier molecular flexibility index (Phi) is 7.29. The SMILES string of the molecule is CCOCCOCC(=O)Nc1cnc(N2CCCCC2)c(C)c1. The van der Waals surface area contributed by atoms with Crippen molar-refractivity contribution in [2.75, 3.05) is 49.7 Å². The lowest BCUT2D eigenvalue weighted by atomic mass is 10.1. The number of ether oxygens (including phenoxy) is 2. The minimum Gasteiger partial charge on any atom is -0.379 e. The summed E-state index contributed by atoms with van der Waals surface area (Å²) in [6.07, 6.45) is 5.46. The van der Waals surface area contributed by atoms with E-state index in [1.54, 1.807) is 6.20 Å². The molecule has 0 spiro atoms. The average Bonchev–Trinajstić information content (AvgIpc) is 2.55. The number of aromatic nitrogens is 1. The molecule has 2 rings (SSSR count). The van der Waals surface area contributed by atoms with E-state index in [0.29, 0.717) is 25.5 Å². The number of nitrogens with one attached hydrogen (secondary N) is 1. The maximum Gasteiger partial charge on any atom is 0.250 e. The molecule has 1 amide bonds. The van der Waals surface area contributed by atoms with E-state index in [1.165, 1.54) is 19.3 Å². The predicted molar refractivity (Wildman–Crippen MR) is 91.0 cm³/mol. The van der Waals surface area contributed by atoms with E-state index in [0.717, 1.165) is 24.5 Å². The molecule has 1 saturated heterocycles. The number of hydrogen-bond donors (Lipinski definition) is 1. The van der Waals surface area contributed by atoms with Crippen LogP contribution in [0.25, 0.3) is 0 Å². The summed E-state index contributed by atoms with van der Waals surface area (Å²) in [4.78, 5) is 18.7. The molecule has 0 unspecified atom stereocenters. The van der Waals surface area contributed by atoms with Gasteiger partial charge < -0.3 is 19.7 Å². The van der Waals surface area contributed by atoms with Crippen LogP contribution < -0.4 is 10.2 Å². The largest absolute Gasteiger partial charge is 0.379 e. The molecule has 23 heavy (non-hydrogen) atoms. The topological polar surface area (TPSA) is 63.7 Å². The van der Waals surface area contributed by atoms with Gasteiger partial charge in [0.1, 0.15) is 12.4 Å². The van der Waals surface area contributed by atoms with Gasteiger partial charge in [0.25, 0.3) is 0 Å². The minimum absolute atomic E-state index is 0.0278. The fraction of sp³-hybridized carbons (Fsp3) is 0.647. The Labute approximate surface area is 138 Å². The second kappa shape index (κ2) is 9.47. The molecule has 1 fully saturated rings. The standard InChI is InChI=1S/C17H27N3O3/c1-3-22-9-10-23-13-16(21)19-15-11-14(2)17(18-12-15)20-7-5-4-6-8-20/h11-12H,3-10,13H2,1-2H3,(H,19,21). The van der Waals surface area contributed by atoms with Gasteiger partial charge in [0.2, 0.25) is 5.91 Å². The second-order valence-electron chi connectivity index (χ2n) is 5.71. The van der Waals surface area contributed by atoms with Gasteiger partial charge in [-0.2, -0.15) is 0 Å². The number of rotatable bonds is 8. The normalized spacial score (nSPS) is 14.8. The molecule has 1 aromatic rings. The average molecular weight is 321 g/mol. The monoisotopic (exact) mass is 321 g/mol. The molecule has 1 N–H and O–H groups in total. The summed E-state index contributed by atoms with van der Waals surface area (Å²) in [5.74, 6) is 0.851. The fourth-order valence-electron chi connectivity index (χ4n) is 2.70. The molecule has 0 radical (unpaired) electrons. The molecule has 0 aliphatic carbocycles. The lowest BCUT2D eigenvalue weighted by molar-refractivity contribution is -0.121. The third kappa shape index (κ3) is 5.80. The summed E-state index contributed by atoms with van der Waals surface area (Å²) >= 11 is 0. The fourth-order valence-corrected chi connectivity index (χ4v) is 2.70. The number of piperidine rings is 1. The molecule has 0 bridgehead atoms. The van der Waals surface area contributed by atoms with Crippen molar-refractivity contribution in [3.05, 3.63) is 17.8 Å². The summed E-state index contributed by atoms with van der Waals surface area (Å²) in [5.41, 5.74) is 1.80. The van der Waals surface area contributed by atoms with E-state index >= 15 is 0 Å². The minimum atomic E-state index is -0.173. The van der Waals surface area contributed by atoms with Crippen LogP contribution in [0.3, 0.4) is 0 Å². The van der Waals surface area contributed by atoms with Crippen LogP contribution in [0.2, 0.25) is 0 Å². The molecule has 1 aliphatic rings. The zero-order valence-corrected chi connectivity index (χ0v) is 14.1. The van der Waals surface area contributed by atoms with E-state index in [1.807, 2.05) is 19.9 Å². The second-order valence-corrected chi connectivity index (χ2v) is 5.71. The molecule has 1 aliphatic heterocycles. The van der Waals surface area contributed by atoms with E-state index in [9.17, 15) is 4.79 Å². The van der Waals surface area contributed by atoms with Crippen LogP contribution in [0.15, 0.2) is 12.3 Å². The Bertz CT molecular complexity index is 502. The zero-order valence-electron chi connectivity index (χ0n) is 14.1. The van der Waals surface area contributed by atoms with Crippen molar-refractivity contribution in [1.82, 2.24) is 4.98 Å². The van der Waals surface area contributed by atoms with Crippen LogP contribution in [0.1, 0.15) is 31.7 Å². The van der Waals surface area contributed by atoms with Gasteiger partial charge in [-0.1, -0.05) is 0 Å². The Morgan fingerprint density at radius 3 is 2.70 bits per heavy atom. The maximum absolute atomic E-state index is 11.8. The van der Waals surface area contributed by atoms with Crippen LogP contribution >= 0.6 is 0 Å². The summed E-state index contributed by atoms with van der Waals surface area (Å²) in [6.45, 7) is 7.70. The first-order valence-electron chi connectivity index (χ1n) is 8.37. The summed E-state index contributed by atoms with van der Waals surface area (Å²) < 4.78 is 10.4. The summed E-state index contributed by atoms with van der Waals surface area (Å²) in [7, 11) is 0. The highest BCUT2D eigenvalue weighted by Gasteiger charge is 2.14. The number of pyridine rings is 1. The molecule has 0 saturated carbocycles. The molecule has 6 nitrogen and oxygen atoms in total. The maximum atomic E-state index is 11.8. The molecule has 1 aromatic heterocycles. The highest BCUT2D eigenvalue weighted by molar-refractivity contribution is 5.91. The van der Waals surface area contributed by atoms with Crippen LogP contribution in [0.5, 0.6) is 0 Å². The van der Waals surface area contributed by atoms with E-state index in [2.05, 4.69) is 15.2 Å². The van der Waals surface area contributed by atoms with Gasteiger partial charge in [0, 0.05) is 19.7 Å². The van der Waals surface area contributed by atoms with Crippen molar-refractivity contribution >= 4 is 17.4 Å². The lowest BCUT2D eigenvalue weighted by Crippen LogP contribution is -2.30. The third-order valence-corrected chi connectivity index (χ3v) is 3.80. The van der Waals surface area contributed by atoms with Gasteiger partial charge in [-0.25, -0.2) is 4.98 Å². The molecule has 128 valence electrons. The summed E-state index contributed by atoms with van der Waals surface area (Å²) in [5, 5.41) is 2.82. The molecule has 0 aromatic carbocycles. The van der Waals surface area contributed by atoms with E-state index in [-0.39, 0.29) is 12.5 Å². The van der Waals surface area contributed by atoms with Crippen molar-refractivity contribution < 1.29 is 14.3 Å². The summed E-state index contributed by atoms with van der Waals surface area (Å²) in [6, 6.07) is 1.97. The van der Waals surface area contributed by atoms with Crippen molar-refractivity contribution in [3.63, 3.8) is 0 Å². The predicted octanol–water partition coefficient (Wildman–Crippen LogP) is 2.37. The van der Waals surface area contributed by atoms with Crippen molar-refractivity contribution in [3.8, 4) is 0 Å². The van der Waals surface area contributed by atoms with Crippen LogP contribution in [-0.4, -0.2) is 50.4 Å². The Morgan fingerprint density at radius 1 is 1.26 bits per heavy atom. The Morgan fingerprint density at radius 2 is 2.00 bits per heavy atom. The highest BCUT2D eigenvalue weighted by Crippen LogP contribution is 2.23. The van der Waals surface area contributed by atoms with Gasteiger partial charge in [0.15, 0.2) is 0 Å². The number of carbonyl (C=O) groups is 1. The third-order valence-electron chi connectivity index (χ3n) is 3.80. The van der Waals surface area contributed by atoms with Gasteiger partial charge in [-0.15, -0.1) is 0 Å². The smallest absolute Gasteiger partial charge is 0.250 e. The van der Waals surface area contributed by atoms with Gasteiger partial charge in [0.05, 0.1) is 25.1 Å². The van der Waals surface area contributed by atoms with Gasteiger partial charge >= 0.3 is 0 Å². The number of nitrogens with zero attached hydrogens (tertiary/aromatic N) is 2. The first-order chi connectivity index (χ1) is 11.2. The molecular weight excluding hydrogens is 294 g/mol. The Hall–Kier alpha value is -1.66. The van der Waals surface area contributed by atoms with Crippen LogP contribution in [0.4, 0.5) is 11.5 Å². The zero-order chi connectivity index (χ0) is 16.5. The number of amides is 1. The van der Waals surface area contributed by atoms with Gasteiger partial charge in [-0.05, 0) is 44.7 Å². The molecule has 6 heteroatoms. The quantitative estimate of drug-likeness (QED) is 0.745. The highest BCUT2D eigenvalue weighted by atomic mass is 16.5. The number of aryl methyl sites for hydroxylation is 1. The first kappa shape index (κ1) is 17.7. The van der Waals surface area contributed by atoms with Crippen LogP contribution in [0, 0.1) is 6.92 Å². The van der Waals surface area contributed by atoms with Crippen molar-refractivity contribution in [2.24, 2.45) is 0 Å². The van der Waals surface area contributed by atoms with Crippen molar-refractivity contribution in [2.45, 2.75) is 33.1 Å². The van der Waals surface area contributed by atoms with Gasteiger partial charge in [-0.3, -0.25) is 4.79 Å². The molecule has 0 atom stereocenters. The van der Waals surface area contributed by atoms with Crippen molar-refractivity contribution in [1.29, 1.82) is 0 Å². The Balaban J connectivity index is 1.81. The van der Waals surface area contributed by atoms with E-state index < -0.39 is 0 Å². The number of hydrogen-bond acceptors (Lipinski definition) is 5. The molecular formula is C17H27N3O3.